The van der Waals surface area contributed by atoms with Crippen LogP contribution in [0.5, 0.6) is 0 Å². The lowest BCUT2D eigenvalue weighted by molar-refractivity contribution is -0.117. The van der Waals surface area contributed by atoms with Crippen LogP contribution in [0.2, 0.25) is 5.28 Å². The summed E-state index contributed by atoms with van der Waals surface area (Å²) in [5, 5.41) is 2.66. The van der Waals surface area contributed by atoms with Crippen LogP contribution in [-0.2, 0) is 4.79 Å². The van der Waals surface area contributed by atoms with Gasteiger partial charge in [-0.15, -0.1) is 0 Å². The van der Waals surface area contributed by atoms with Crippen molar-refractivity contribution in [3.8, 4) is 0 Å². The number of amides is 1. The molecule has 3 N–H and O–H groups in total. The Labute approximate surface area is 93.0 Å². The van der Waals surface area contributed by atoms with E-state index in [2.05, 4.69) is 15.3 Å². The maximum atomic E-state index is 11.5. The summed E-state index contributed by atoms with van der Waals surface area (Å²) in [4.78, 5) is 19.0. The molecule has 0 saturated heterocycles. The van der Waals surface area contributed by atoms with Gasteiger partial charge in [0, 0.05) is 6.20 Å². The summed E-state index contributed by atoms with van der Waals surface area (Å²) in [5.74, 6) is 0.109. The third-order valence-electron chi connectivity index (χ3n) is 1.81. The number of nitrogens with two attached hydrogens (primary N) is 1. The molecule has 1 aromatic rings. The topological polar surface area (TPSA) is 80.9 Å². The molecule has 0 aliphatic heterocycles. The fourth-order valence-corrected chi connectivity index (χ4v) is 1.21. The molecule has 82 valence electrons. The minimum Gasteiger partial charge on any atom is -0.320 e. The van der Waals surface area contributed by atoms with Crippen LogP contribution in [0.15, 0.2) is 12.3 Å². The first kappa shape index (κ1) is 11.9. The number of nitrogens with zero attached hydrogens (tertiary/aromatic N) is 2. The van der Waals surface area contributed by atoms with Crippen LogP contribution in [0.25, 0.3) is 0 Å². The molecule has 0 bridgehead atoms. The van der Waals surface area contributed by atoms with E-state index in [0.29, 0.717) is 12.2 Å². The van der Waals surface area contributed by atoms with Gasteiger partial charge in [-0.25, -0.2) is 9.97 Å². The van der Waals surface area contributed by atoms with E-state index in [-0.39, 0.29) is 11.2 Å². The molecule has 15 heavy (non-hydrogen) atoms. The molecule has 5 nitrogen and oxygen atoms in total. The standard InChI is InChI=1S/C9H13ClN4O/c1-2-3-6(11)8(15)13-7-4-5-12-9(10)14-7/h4-6H,2-3,11H2,1H3,(H,12,13,14,15). The summed E-state index contributed by atoms with van der Waals surface area (Å²) in [7, 11) is 0. The first-order valence-electron chi connectivity index (χ1n) is 4.68. The number of carbonyl (C=O) groups is 1. The molecule has 0 fully saturated rings. The van der Waals surface area contributed by atoms with Gasteiger partial charge >= 0.3 is 0 Å². The molecule has 1 atom stereocenters. The van der Waals surface area contributed by atoms with Crippen LogP contribution in [0.4, 0.5) is 5.82 Å². The molecule has 0 radical (unpaired) electrons. The van der Waals surface area contributed by atoms with Crippen LogP contribution < -0.4 is 11.1 Å². The van der Waals surface area contributed by atoms with Crippen molar-refractivity contribution < 1.29 is 4.79 Å². The molecule has 1 amide bonds. The zero-order valence-electron chi connectivity index (χ0n) is 8.40. The third kappa shape index (κ3) is 3.81. The van der Waals surface area contributed by atoms with E-state index in [1.165, 1.54) is 6.20 Å². The first-order chi connectivity index (χ1) is 7.13. The van der Waals surface area contributed by atoms with E-state index < -0.39 is 6.04 Å². The van der Waals surface area contributed by atoms with E-state index in [9.17, 15) is 4.79 Å². The van der Waals surface area contributed by atoms with Crippen molar-refractivity contribution in [2.45, 2.75) is 25.8 Å². The maximum Gasteiger partial charge on any atom is 0.242 e. The Morgan fingerprint density at radius 3 is 3.07 bits per heavy atom. The molecule has 0 aliphatic rings. The fraction of sp³-hybridized carbons (Fsp3) is 0.444. The summed E-state index contributed by atoms with van der Waals surface area (Å²) in [6, 6.07) is 1.05. The highest BCUT2D eigenvalue weighted by Gasteiger charge is 2.12. The van der Waals surface area contributed by atoms with Gasteiger partial charge in [0.25, 0.3) is 0 Å². The summed E-state index contributed by atoms with van der Waals surface area (Å²) in [5.41, 5.74) is 5.63. The lowest BCUT2D eigenvalue weighted by Crippen LogP contribution is -2.35. The average molecular weight is 229 g/mol. The molecular weight excluding hydrogens is 216 g/mol. The average Bonchev–Trinajstić information content (AvgIpc) is 2.18. The lowest BCUT2D eigenvalue weighted by Gasteiger charge is -2.10. The van der Waals surface area contributed by atoms with Crippen LogP contribution in [0, 0.1) is 0 Å². The van der Waals surface area contributed by atoms with E-state index in [1.54, 1.807) is 6.07 Å². The Balaban J connectivity index is 2.58. The number of rotatable bonds is 4. The largest absolute Gasteiger partial charge is 0.320 e. The summed E-state index contributed by atoms with van der Waals surface area (Å²) in [6.45, 7) is 1.97. The Bertz CT molecular complexity index is 345. The number of anilines is 1. The van der Waals surface area contributed by atoms with Crippen molar-refractivity contribution in [2.24, 2.45) is 5.73 Å². The minimum absolute atomic E-state index is 0.0943. The van der Waals surface area contributed by atoms with Crippen molar-refractivity contribution in [1.82, 2.24) is 9.97 Å². The molecule has 0 aliphatic carbocycles. The van der Waals surface area contributed by atoms with Gasteiger partial charge in [-0.1, -0.05) is 13.3 Å². The Morgan fingerprint density at radius 1 is 1.73 bits per heavy atom. The smallest absolute Gasteiger partial charge is 0.242 e. The monoisotopic (exact) mass is 228 g/mol. The van der Waals surface area contributed by atoms with Crippen LogP contribution in [0.1, 0.15) is 19.8 Å². The van der Waals surface area contributed by atoms with Crippen molar-refractivity contribution in [3.05, 3.63) is 17.5 Å². The van der Waals surface area contributed by atoms with Crippen molar-refractivity contribution in [3.63, 3.8) is 0 Å². The van der Waals surface area contributed by atoms with E-state index in [4.69, 9.17) is 17.3 Å². The van der Waals surface area contributed by atoms with E-state index >= 15 is 0 Å². The van der Waals surface area contributed by atoms with Gasteiger partial charge in [-0.05, 0) is 24.1 Å². The number of halogens is 1. The predicted octanol–water partition coefficient (Wildman–Crippen LogP) is 1.20. The Morgan fingerprint density at radius 2 is 2.47 bits per heavy atom. The minimum atomic E-state index is -0.510. The number of aromatic nitrogens is 2. The Hall–Kier alpha value is -1.20. The van der Waals surface area contributed by atoms with Gasteiger partial charge in [-0.2, -0.15) is 0 Å². The number of carbonyl (C=O) groups excluding carboxylic acids is 1. The van der Waals surface area contributed by atoms with Crippen molar-refractivity contribution in [1.29, 1.82) is 0 Å². The molecule has 1 aromatic heterocycles. The molecule has 1 rings (SSSR count). The van der Waals surface area contributed by atoms with Crippen LogP contribution >= 0.6 is 11.6 Å². The zero-order valence-corrected chi connectivity index (χ0v) is 9.16. The molecular formula is C9H13ClN4O. The van der Waals surface area contributed by atoms with E-state index in [0.717, 1.165) is 6.42 Å². The predicted molar refractivity (Wildman–Crippen MR) is 58.6 cm³/mol. The normalized spacial score (nSPS) is 12.2. The van der Waals surface area contributed by atoms with E-state index in [1.807, 2.05) is 6.92 Å². The second kappa shape index (κ2) is 5.63. The Kier molecular flexibility index (Phi) is 4.45. The quantitative estimate of drug-likeness (QED) is 0.759. The van der Waals surface area contributed by atoms with Crippen LogP contribution in [-0.4, -0.2) is 21.9 Å². The van der Waals surface area contributed by atoms with Gasteiger partial charge in [0.1, 0.15) is 5.82 Å². The fourth-order valence-electron chi connectivity index (χ4n) is 1.07. The lowest BCUT2D eigenvalue weighted by atomic mass is 10.2. The highest BCUT2D eigenvalue weighted by Crippen LogP contribution is 2.06. The molecule has 1 heterocycles. The molecule has 0 spiro atoms. The number of hydrogen-bond donors (Lipinski definition) is 2. The van der Waals surface area contributed by atoms with Crippen molar-refractivity contribution >= 4 is 23.3 Å². The molecule has 6 heteroatoms. The highest BCUT2D eigenvalue weighted by atomic mass is 35.5. The molecule has 0 aromatic carbocycles. The maximum absolute atomic E-state index is 11.5. The third-order valence-corrected chi connectivity index (χ3v) is 2.00. The zero-order chi connectivity index (χ0) is 11.3. The second-order valence-electron chi connectivity index (χ2n) is 3.10. The number of nitrogens with one attached hydrogen (secondary N) is 1. The van der Waals surface area contributed by atoms with Crippen LogP contribution in [0.3, 0.4) is 0 Å². The van der Waals surface area contributed by atoms with Gasteiger partial charge in [0.05, 0.1) is 6.04 Å². The molecule has 1 unspecified atom stereocenters. The summed E-state index contributed by atoms with van der Waals surface area (Å²) < 4.78 is 0. The van der Waals surface area contributed by atoms with Crippen molar-refractivity contribution in [2.75, 3.05) is 5.32 Å². The van der Waals surface area contributed by atoms with Gasteiger partial charge < -0.3 is 11.1 Å². The van der Waals surface area contributed by atoms with Gasteiger partial charge in [0.15, 0.2) is 0 Å². The highest BCUT2D eigenvalue weighted by molar-refractivity contribution is 6.28. The number of hydrogen-bond acceptors (Lipinski definition) is 4. The summed E-state index contributed by atoms with van der Waals surface area (Å²) in [6.07, 6.45) is 2.97. The molecule has 0 saturated carbocycles. The second-order valence-corrected chi connectivity index (χ2v) is 3.43. The first-order valence-corrected chi connectivity index (χ1v) is 5.06. The van der Waals surface area contributed by atoms with Gasteiger partial charge in [-0.3, -0.25) is 4.79 Å². The summed E-state index contributed by atoms with van der Waals surface area (Å²) >= 11 is 5.56. The van der Waals surface area contributed by atoms with Gasteiger partial charge in [0.2, 0.25) is 11.2 Å². The SMILES string of the molecule is CCCC(N)C(=O)Nc1ccnc(Cl)n1.